The van der Waals surface area contributed by atoms with Crippen LogP contribution < -0.4 is 0 Å². The van der Waals surface area contributed by atoms with Gasteiger partial charge in [0.2, 0.25) is 11.8 Å². The number of nitrogens with zero attached hydrogens (tertiary/aromatic N) is 3. The predicted molar refractivity (Wildman–Crippen MR) is 98.9 cm³/mol. The lowest BCUT2D eigenvalue weighted by Gasteiger charge is -2.29. The van der Waals surface area contributed by atoms with E-state index in [4.69, 9.17) is 0 Å². The number of hydrogen-bond donors (Lipinski definition) is 2. The van der Waals surface area contributed by atoms with Gasteiger partial charge in [0, 0.05) is 32.0 Å². The normalized spacial score (nSPS) is 42.9. The summed E-state index contributed by atoms with van der Waals surface area (Å²) in [7, 11) is -2.16. The zero-order valence-electron chi connectivity index (χ0n) is 16.4. The maximum Gasteiger partial charge on any atom is 0.282 e. The number of likely N-dealkylation sites (tertiary alicyclic amines) is 1. The van der Waals surface area contributed by atoms with Crippen LogP contribution in [-0.2, 0) is 19.8 Å². The fourth-order valence-electron chi connectivity index (χ4n) is 5.67. The minimum Gasteiger partial charge on any atom is -0.390 e. The van der Waals surface area contributed by atoms with Gasteiger partial charge in [0.15, 0.2) is 0 Å². The topological polar surface area (TPSA) is 118 Å². The highest BCUT2D eigenvalue weighted by molar-refractivity contribution is 7.86. The van der Waals surface area contributed by atoms with E-state index in [1.807, 2.05) is 6.92 Å². The van der Waals surface area contributed by atoms with E-state index in [1.165, 1.54) is 20.6 Å². The molecule has 28 heavy (non-hydrogen) atoms. The van der Waals surface area contributed by atoms with E-state index < -0.39 is 46.3 Å². The monoisotopic (exact) mass is 415 g/mol. The summed E-state index contributed by atoms with van der Waals surface area (Å²) in [5, 5.41) is 19.7. The molecular formula is C18H29N3O6S. The molecule has 4 aliphatic rings. The first-order chi connectivity index (χ1) is 13.1. The number of carbonyl (C=O) groups is 2. The third-order valence-electron chi connectivity index (χ3n) is 7.13. The van der Waals surface area contributed by atoms with Crippen LogP contribution >= 0.6 is 0 Å². The molecule has 0 spiro atoms. The lowest BCUT2D eigenvalue weighted by Crippen LogP contribution is -2.48. The van der Waals surface area contributed by atoms with Crippen LogP contribution in [0.2, 0.25) is 0 Å². The summed E-state index contributed by atoms with van der Waals surface area (Å²) < 4.78 is 28.6. The zero-order valence-corrected chi connectivity index (χ0v) is 17.2. The molecule has 0 radical (unpaired) electrons. The maximum atomic E-state index is 13.1. The summed E-state index contributed by atoms with van der Waals surface area (Å²) in [5.74, 6) is -2.06. The van der Waals surface area contributed by atoms with Gasteiger partial charge in [-0.25, -0.2) is 0 Å². The first-order valence-electron chi connectivity index (χ1n) is 10.1. The molecule has 0 unspecified atom stereocenters. The van der Waals surface area contributed by atoms with Crippen molar-refractivity contribution in [3.05, 3.63) is 0 Å². The number of rotatable bonds is 5. The molecule has 9 nitrogen and oxygen atoms in total. The standard InChI is InChI=1S/C18H29N3O6S/c1-4-6-19(3)28(26,27)20-7-5-11-15(20)9(2)17(24)21(11)18(25)14-10-8-12(22)16(23)13(10)14/h9-16,22-23H,4-8H2,1-3H3/t9-,10-,11-,12-,13+,14-,15+,16-/m0/s1. The number of aliphatic hydroxyl groups excluding tert-OH is 2. The highest BCUT2D eigenvalue weighted by Crippen LogP contribution is 2.59. The summed E-state index contributed by atoms with van der Waals surface area (Å²) >= 11 is 0. The Kier molecular flexibility index (Phi) is 4.86. The Balaban J connectivity index is 1.54. The van der Waals surface area contributed by atoms with Crippen LogP contribution in [0.3, 0.4) is 0 Å². The molecule has 0 aromatic rings. The summed E-state index contributed by atoms with van der Waals surface area (Å²) in [6, 6.07) is -1.00. The Hall–Kier alpha value is -1.07. The highest BCUT2D eigenvalue weighted by Gasteiger charge is 2.67. The number of hydrogen-bond acceptors (Lipinski definition) is 6. The molecule has 2 heterocycles. The molecule has 2 N–H and O–H groups in total. The van der Waals surface area contributed by atoms with Gasteiger partial charge in [-0.15, -0.1) is 0 Å². The molecule has 2 saturated carbocycles. The van der Waals surface area contributed by atoms with E-state index in [-0.39, 0.29) is 30.2 Å². The molecule has 4 rings (SSSR count). The van der Waals surface area contributed by atoms with E-state index >= 15 is 0 Å². The van der Waals surface area contributed by atoms with Gasteiger partial charge in [-0.05, 0) is 25.2 Å². The molecule has 10 heteroatoms. The Bertz CT molecular complexity index is 788. The number of carbonyl (C=O) groups excluding carboxylic acids is 2. The minimum absolute atomic E-state index is 0.0865. The Morgan fingerprint density at radius 1 is 1.32 bits per heavy atom. The predicted octanol–water partition coefficient (Wildman–Crippen LogP) is -0.991. The molecule has 8 atom stereocenters. The molecule has 0 bridgehead atoms. The van der Waals surface area contributed by atoms with E-state index in [1.54, 1.807) is 6.92 Å². The molecule has 2 aliphatic carbocycles. The van der Waals surface area contributed by atoms with E-state index in [2.05, 4.69) is 0 Å². The number of amides is 2. The number of imide groups is 1. The van der Waals surface area contributed by atoms with Crippen LogP contribution in [0.15, 0.2) is 0 Å². The summed E-state index contributed by atoms with van der Waals surface area (Å²) in [6.07, 6.45) is -0.237. The van der Waals surface area contributed by atoms with Gasteiger partial charge in [-0.1, -0.05) is 13.8 Å². The van der Waals surface area contributed by atoms with Crippen molar-refractivity contribution in [3.63, 3.8) is 0 Å². The molecule has 4 fully saturated rings. The van der Waals surface area contributed by atoms with E-state index in [0.29, 0.717) is 25.8 Å². The van der Waals surface area contributed by atoms with Crippen LogP contribution in [0.25, 0.3) is 0 Å². The van der Waals surface area contributed by atoms with Crippen LogP contribution in [0.1, 0.15) is 33.1 Å². The maximum absolute atomic E-state index is 13.1. The van der Waals surface area contributed by atoms with Crippen molar-refractivity contribution in [1.82, 2.24) is 13.5 Å². The number of fused-ring (bicyclic) bond motifs is 2. The highest BCUT2D eigenvalue weighted by atomic mass is 32.2. The smallest absolute Gasteiger partial charge is 0.282 e. The lowest BCUT2D eigenvalue weighted by atomic mass is 10.0. The van der Waals surface area contributed by atoms with Gasteiger partial charge in [0.25, 0.3) is 10.2 Å². The second kappa shape index (κ2) is 6.73. The van der Waals surface area contributed by atoms with Crippen LogP contribution in [0.4, 0.5) is 0 Å². The average Bonchev–Trinajstić information content (AvgIpc) is 2.89. The third-order valence-corrected chi connectivity index (χ3v) is 9.11. The van der Waals surface area contributed by atoms with Crippen LogP contribution in [-0.4, -0.2) is 88.4 Å². The summed E-state index contributed by atoms with van der Waals surface area (Å²) in [4.78, 5) is 27.3. The molecule has 0 aromatic carbocycles. The molecular weight excluding hydrogens is 386 g/mol. The van der Waals surface area contributed by atoms with Crippen molar-refractivity contribution in [3.8, 4) is 0 Å². The summed E-state index contributed by atoms with van der Waals surface area (Å²) in [6.45, 7) is 4.27. The van der Waals surface area contributed by atoms with Crippen molar-refractivity contribution in [2.75, 3.05) is 20.1 Å². The molecule has 2 aliphatic heterocycles. The summed E-state index contributed by atoms with van der Waals surface area (Å²) in [5.41, 5.74) is 0. The fourth-order valence-corrected chi connectivity index (χ4v) is 7.41. The van der Waals surface area contributed by atoms with Crippen molar-refractivity contribution in [1.29, 1.82) is 0 Å². The van der Waals surface area contributed by atoms with Crippen molar-refractivity contribution in [2.24, 2.45) is 23.7 Å². The minimum atomic E-state index is -3.69. The zero-order chi connectivity index (χ0) is 20.5. The fraction of sp³-hybridized carbons (Fsp3) is 0.889. The quantitative estimate of drug-likeness (QED) is 0.557. The van der Waals surface area contributed by atoms with Crippen molar-refractivity contribution in [2.45, 2.75) is 57.4 Å². The number of aliphatic hydroxyl groups is 2. The first-order valence-corrected chi connectivity index (χ1v) is 11.5. The lowest BCUT2D eigenvalue weighted by molar-refractivity contribution is -0.147. The van der Waals surface area contributed by atoms with Crippen molar-refractivity contribution < 1.29 is 28.2 Å². The third kappa shape index (κ3) is 2.68. The van der Waals surface area contributed by atoms with Gasteiger partial charge in [0.05, 0.1) is 30.2 Å². The largest absolute Gasteiger partial charge is 0.390 e. The SMILES string of the molecule is CCCN(C)S(=O)(=O)N1CC[C@H]2[C@H]1[C@H](C)C(=O)N2C(=O)[C@H]1[C@H]2C[C@H](O)[C@H](O)[C@H]21. The van der Waals surface area contributed by atoms with Gasteiger partial charge in [-0.3, -0.25) is 14.5 Å². The Morgan fingerprint density at radius 3 is 2.57 bits per heavy atom. The van der Waals surface area contributed by atoms with Gasteiger partial charge >= 0.3 is 0 Å². The van der Waals surface area contributed by atoms with E-state index in [9.17, 15) is 28.2 Å². The van der Waals surface area contributed by atoms with Crippen LogP contribution in [0, 0.1) is 23.7 Å². The second-order valence-electron chi connectivity index (χ2n) is 8.68. The molecule has 158 valence electrons. The van der Waals surface area contributed by atoms with Crippen molar-refractivity contribution >= 4 is 22.0 Å². The van der Waals surface area contributed by atoms with Crippen LogP contribution in [0.5, 0.6) is 0 Å². The molecule has 2 amide bonds. The van der Waals surface area contributed by atoms with Gasteiger partial charge < -0.3 is 10.2 Å². The second-order valence-corrected chi connectivity index (χ2v) is 10.7. The van der Waals surface area contributed by atoms with Gasteiger partial charge in [0.1, 0.15) is 0 Å². The van der Waals surface area contributed by atoms with E-state index in [0.717, 1.165) is 0 Å². The Labute approximate surface area is 165 Å². The molecule has 0 aromatic heterocycles. The average molecular weight is 416 g/mol. The van der Waals surface area contributed by atoms with Gasteiger partial charge in [-0.2, -0.15) is 17.0 Å². The molecule has 2 saturated heterocycles. The Morgan fingerprint density at radius 2 is 2.00 bits per heavy atom. The first kappa shape index (κ1) is 20.2.